The molecule has 0 spiro atoms. The van der Waals surface area contributed by atoms with Gasteiger partial charge in [-0.2, -0.15) is 0 Å². The van der Waals surface area contributed by atoms with E-state index in [2.05, 4.69) is 0 Å². The van der Waals surface area contributed by atoms with Crippen molar-refractivity contribution in [3.05, 3.63) is 0 Å². The molecule has 0 heterocycles. The van der Waals surface area contributed by atoms with E-state index in [1.807, 2.05) is 18.6 Å². The van der Waals surface area contributed by atoms with Crippen LogP contribution in [0.4, 0.5) is 0 Å². The minimum absolute atomic E-state index is 0.980. The van der Waals surface area contributed by atoms with Crippen molar-refractivity contribution in [3.63, 3.8) is 0 Å². The molecule has 0 atom stereocenters. The molecule has 5 heteroatoms. The zero-order valence-electron chi connectivity index (χ0n) is 4.72. The maximum atomic E-state index is 5.56. The van der Waals surface area contributed by atoms with Crippen LogP contribution in [0.25, 0.3) is 0 Å². The summed E-state index contributed by atoms with van der Waals surface area (Å²) in [7, 11) is 4.10. The first kappa shape index (κ1) is 7.61. The number of hydrogen-bond donors (Lipinski definition) is 0. The van der Waals surface area contributed by atoms with Crippen LogP contribution < -0.4 is 0 Å². The number of hydrogen-bond acceptors (Lipinski definition) is 0. The van der Waals surface area contributed by atoms with Gasteiger partial charge >= 0.3 is 48.7 Å². The Hall–Kier alpha value is 0.610. The van der Waals surface area contributed by atoms with Crippen LogP contribution in [0, 0.1) is 0 Å². The van der Waals surface area contributed by atoms with Gasteiger partial charge in [0.05, 0.1) is 0 Å². The SMILES string of the molecule is [B]B=BS(#B)(C)C. The standard InChI is InChI=1S/C2H6B4S/c1-7(2,4)6-5-3/h1-2H3. The van der Waals surface area contributed by atoms with E-state index in [4.69, 9.17) is 14.3 Å². The summed E-state index contributed by atoms with van der Waals surface area (Å²) in [6.45, 7) is 7.06. The van der Waals surface area contributed by atoms with Crippen molar-refractivity contribution in [2.45, 2.75) is 0 Å². The molecule has 0 aromatic carbocycles. The quantitative estimate of drug-likeness (QED) is 0.363. The molecule has 7 heavy (non-hydrogen) atoms. The molecule has 0 fully saturated rings. The molecule has 0 aromatic heterocycles. The van der Waals surface area contributed by atoms with Crippen LogP contribution in [0.1, 0.15) is 0 Å². The fourth-order valence-electron chi connectivity index (χ4n) is 0.202. The monoisotopic (exact) mass is 106 g/mol. The molecule has 0 aliphatic carbocycles. The predicted molar refractivity (Wildman–Crippen MR) is 42.5 cm³/mol. The van der Waals surface area contributed by atoms with Crippen LogP contribution in [-0.4, -0.2) is 39.6 Å². The van der Waals surface area contributed by atoms with Gasteiger partial charge in [-0.1, -0.05) is 0 Å². The topological polar surface area (TPSA) is 0 Å². The molecule has 0 bridgehead atoms. The Morgan fingerprint density at radius 2 is 1.86 bits per heavy atom. The Balaban J connectivity index is 3.93. The molecule has 32 valence electrons. The van der Waals surface area contributed by atoms with Gasteiger partial charge in [-0.05, 0) is 0 Å². The third kappa shape index (κ3) is 6.61. The molecule has 2 radical (unpaired) electrons. The second kappa shape index (κ2) is 2.81. The summed E-state index contributed by atoms with van der Waals surface area (Å²) in [4.78, 5) is 0. The van der Waals surface area contributed by atoms with E-state index in [0.29, 0.717) is 0 Å². The van der Waals surface area contributed by atoms with E-state index in [0.717, 1.165) is 0 Å². The first-order valence-electron chi connectivity index (χ1n) is 1.95. The molecule has 0 unspecified atom stereocenters. The fraction of sp³-hybridized carbons (Fsp3) is 1.00. The Bertz CT molecular complexity index is 152. The normalized spacial score (nSPS) is 10.9. The van der Waals surface area contributed by atoms with E-state index in [1.165, 1.54) is 6.69 Å². The summed E-state index contributed by atoms with van der Waals surface area (Å²) < 4.78 is 0. The average molecular weight is 105 g/mol. The summed E-state index contributed by atoms with van der Waals surface area (Å²) in [6, 6.07) is 0. The van der Waals surface area contributed by atoms with Gasteiger partial charge in [0.25, 0.3) is 0 Å². The minimum atomic E-state index is -0.980. The van der Waals surface area contributed by atoms with Crippen LogP contribution in [-0.2, 0) is 0 Å². The van der Waals surface area contributed by atoms with Crippen molar-refractivity contribution in [1.29, 1.82) is 0 Å². The molecule has 0 saturated heterocycles. The maximum absolute atomic E-state index is 5.56. The van der Waals surface area contributed by atoms with E-state index >= 15 is 0 Å². The van der Waals surface area contributed by atoms with Crippen molar-refractivity contribution in [3.8, 4) is 0 Å². The van der Waals surface area contributed by atoms with E-state index in [9.17, 15) is 0 Å². The van der Waals surface area contributed by atoms with Crippen molar-refractivity contribution in [2.24, 2.45) is 0 Å². The van der Waals surface area contributed by atoms with Crippen LogP contribution in [0.15, 0.2) is 0 Å². The van der Waals surface area contributed by atoms with Crippen LogP contribution >= 0.6 is 9.12 Å². The second-order valence-electron chi connectivity index (χ2n) is 1.82. The van der Waals surface area contributed by atoms with Crippen LogP contribution in [0.5, 0.6) is 0 Å². The van der Waals surface area contributed by atoms with Gasteiger partial charge in [-0.15, -0.1) is 0 Å². The van der Waals surface area contributed by atoms with Gasteiger partial charge in [-0.25, -0.2) is 0 Å². The Labute approximate surface area is 49.3 Å². The molecule has 0 aliphatic rings. The summed E-state index contributed by atoms with van der Waals surface area (Å²) in [5.41, 5.74) is 0. The first-order valence-corrected chi connectivity index (χ1v) is 4.53. The first-order chi connectivity index (χ1) is 3.06. The molecule has 0 aromatic rings. The van der Waals surface area contributed by atoms with E-state index in [1.54, 1.807) is 0 Å². The van der Waals surface area contributed by atoms with Crippen LogP contribution in [0.2, 0.25) is 0 Å². The third-order valence-electron chi connectivity index (χ3n) is 0.429. The van der Waals surface area contributed by atoms with Crippen molar-refractivity contribution < 1.29 is 0 Å². The predicted octanol–water partition coefficient (Wildman–Crippen LogP) is -0.544. The fourth-order valence-corrected chi connectivity index (χ4v) is 0.607. The molecule has 0 saturated carbocycles. The van der Waals surface area contributed by atoms with E-state index < -0.39 is 9.12 Å². The van der Waals surface area contributed by atoms with Gasteiger partial charge < -0.3 is 0 Å². The third-order valence-corrected chi connectivity index (χ3v) is 1.29. The van der Waals surface area contributed by atoms with Gasteiger partial charge in [0, 0.05) is 0 Å². The van der Waals surface area contributed by atoms with Crippen molar-refractivity contribution >= 4 is 36.2 Å². The summed E-state index contributed by atoms with van der Waals surface area (Å²) in [6.07, 6.45) is 5.76. The Morgan fingerprint density at radius 3 is 1.86 bits per heavy atom. The molecule has 0 rings (SSSR count). The molecule has 0 nitrogen and oxygen atoms in total. The van der Waals surface area contributed by atoms with Gasteiger partial charge in [0.1, 0.15) is 0 Å². The zero-order valence-corrected chi connectivity index (χ0v) is 5.53. The van der Waals surface area contributed by atoms with Gasteiger partial charge in [-0.3, -0.25) is 0 Å². The van der Waals surface area contributed by atoms with Crippen molar-refractivity contribution in [2.75, 3.05) is 12.5 Å². The molecular formula is C2H6B4S. The molecule has 0 N–H and O–H groups in total. The average Bonchev–Trinajstić information content (AvgIpc) is 1.30. The van der Waals surface area contributed by atoms with Gasteiger partial charge in [0.15, 0.2) is 0 Å². The number of rotatable bonds is 0. The molecule has 0 amide bonds. The molecule has 0 aliphatic heterocycles. The van der Waals surface area contributed by atoms with E-state index in [-0.39, 0.29) is 0 Å². The summed E-state index contributed by atoms with van der Waals surface area (Å²) in [5.74, 6) is 0. The second-order valence-corrected chi connectivity index (χ2v) is 5.06. The molecular weight excluding hydrogens is 99.3 g/mol. The summed E-state index contributed by atoms with van der Waals surface area (Å²) in [5, 5.41) is 0. The summed E-state index contributed by atoms with van der Waals surface area (Å²) >= 11 is 0. The van der Waals surface area contributed by atoms with Crippen molar-refractivity contribution in [1.82, 2.24) is 0 Å². The van der Waals surface area contributed by atoms with Gasteiger partial charge in [0.2, 0.25) is 0 Å². The Kier molecular flexibility index (Phi) is 3.05. The Morgan fingerprint density at radius 1 is 1.43 bits per heavy atom. The zero-order chi connectivity index (χ0) is 5.91. The van der Waals surface area contributed by atoms with Crippen LogP contribution in [0.3, 0.4) is 0 Å².